The van der Waals surface area contributed by atoms with Crippen LogP contribution in [0.2, 0.25) is 0 Å². The highest BCUT2D eigenvalue weighted by Crippen LogP contribution is 2.22. The summed E-state index contributed by atoms with van der Waals surface area (Å²) in [5.74, 6) is 1.58. The maximum absolute atomic E-state index is 5.77. The summed E-state index contributed by atoms with van der Waals surface area (Å²) >= 11 is 0. The van der Waals surface area contributed by atoms with Crippen molar-refractivity contribution in [3.63, 3.8) is 0 Å². The summed E-state index contributed by atoms with van der Waals surface area (Å²) in [7, 11) is 0. The smallest absolute Gasteiger partial charge is 0.119 e. The fraction of sp³-hybridized carbons (Fsp3) is 0.579. The van der Waals surface area contributed by atoms with Gasteiger partial charge in [0.05, 0.1) is 6.61 Å². The van der Waals surface area contributed by atoms with E-state index in [4.69, 9.17) is 4.74 Å². The molecule has 1 atom stereocenters. The zero-order chi connectivity index (χ0) is 14.6. The van der Waals surface area contributed by atoms with E-state index in [1.54, 1.807) is 0 Å². The third-order valence-corrected chi connectivity index (χ3v) is 3.61. The Morgan fingerprint density at radius 1 is 1.00 bits per heavy atom. The Morgan fingerprint density at radius 2 is 1.75 bits per heavy atom. The van der Waals surface area contributed by atoms with Crippen molar-refractivity contribution in [1.29, 1.82) is 0 Å². The lowest BCUT2D eigenvalue weighted by Gasteiger charge is -2.11. The average Bonchev–Trinajstić information content (AvgIpc) is 2.48. The van der Waals surface area contributed by atoms with Crippen molar-refractivity contribution < 1.29 is 4.74 Å². The number of hydrogen-bond donors (Lipinski definition) is 0. The molecule has 1 nitrogen and oxygen atoms in total. The van der Waals surface area contributed by atoms with Gasteiger partial charge in [0.1, 0.15) is 5.75 Å². The molecule has 1 aromatic rings. The SMILES string of the molecule is CC/C=C\CC(C)c1ccc(OCCCCCC)cc1. The molecular formula is C19H30O. The molecule has 0 aliphatic rings. The predicted octanol–water partition coefficient (Wildman–Crippen LogP) is 6.11. The monoisotopic (exact) mass is 274 g/mol. The minimum Gasteiger partial charge on any atom is -0.494 e. The molecule has 0 aliphatic carbocycles. The standard InChI is InChI=1S/C19H30O/c1-4-6-8-10-16-20-19-14-12-18(13-15-19)17(3)11-9-7-5-2/h7,9,12-15,17H,4-6,8,10-11,16H2,1-3H3/b9-7-. The molecule has 1 heteroatoms. The summed E-state index contributed by atoms with van der Waals surface area (Å²) < 4.78 is 5.77. The van der Waals surface area contributed by atoms with Crippen molar-refractivity contribution in [2.45, 2.75) is 65.2 Å². The summed E-state index contributed by atoms with van der Waals surface area (Å²) in [4.78, 5) is 0. The van der Waals surface area contributed by atoms with Crippen molar-refractivity contribution in [3.8, 4) is 5.75 Å². The molecule has 0 aromatic heterocycles. The van der Waals surface area contributed by atoms with Crippen LogP contribution in [0.15, 0.2) is 36.4 Å². The van der Waals surface area contributed by atoms with Gasteiger partial charge in [0.15, 0.2) is 0 Å². The van der Waals surface area contributed by atoms with Gasteiger partial charge in [-0.15, -0.1) is 0 Å². The number of unbranched alkanes of at least 4 members (excludes halogenated alkanes) is 3. The molecule has 0 fully saturated rings. The molecule has 0 heterocycles. The molecule has 0 saturated heterocycles. The molecule has 20 heavy (non-hydrogen) atoms. The minimum absolute atomic E-state index is 0.580. The second kappa shape index (κ2) is 10.5. The van der Waals surface area contributed by atoms with Crippen LogP contribution in [0.4, 0.5) is 0 Å². The number of rotatable bonds is 10. The van der Waals surface area contributed by atoms with E-state index in [2.05, 4.69) is 57.2 Å². The quantitative estimate of drug-likeness (QED) is 0.369. The Balaban J connectivity index is 2.33. The summed E-state index contributed by atoms with van der Waals surface area (Å²) in [6.45, 7) is 7.53. The van der Waals surface area contributed by atoms with E-state index in [1.807, 2.05) is 0 Å². The summed E-state index contributed by atoms with van der Waals surface area (Å²) in [5, 5.41) is 0. The molecule has 112 valence electrons. The number of ether oxygens (including phenoxy) is 1. The van der Waals surface area contributed by atoms with Crippen molar-refractivity contribution in [2.24, 2.45) is 0 Å². The van der Waals surface area contributed by atoms with E-state index in [-0.39, 0.29) is 0 Å². The lowest BCUT2D eigenvalue weighted by Crippen LogP contribution is -1.98. The van der Waals surface area contributed by atoms with Crippen LogP contribution in [0.5, 0.6) is 5.75 Å². The van der Waals surface area contributed by atoms with Gasteiger partial charge >= 0.3 is 0 Å². The van der Waals surface area contributed by atoms with Gasteiger partial charge in [0.2, 0.25) is 0 Å². The number of hydrogen-bond acceptors (Lipinski definition) is 1. The maximum atomic E-state index is 5.77. The van der Waals surface area contributed by atoms with Crippen molar-refractivity contribution in [2.75, 3.05) is 6.61 Å². The highest BCUT2D eigenvalue weighted by Gasteiger charge is 2.03. The van der Waals surface area contributed by atoms with Gasteiger partial charge in [0, 0.05) is 0 Å². The van der Waals surface area contributed by atoms with Crippen LogP contribution in [0.1, 0.15) is 70.8 Å². The van der Waals surface area contributed by atoms with Gasteiger partial charge in [-0.25, -0.2) is 0 Å². The number of allylic oxidation sites excluding steroid dienone is 2. The van der Waals surface area contributed by atoms with Gasteiger partial charge < -0.3 is 4.74 Å². The minimum atomic E-state index is 0.580. The molecule has 1 aromatic carbocycles. The second-order valence-corrected chi connectivity index (χ2v) is 5.49. The lowest BCUT2D eigenvalue weighted by molar-refractivity contribution is 0.305. The summed E-state index contributed by atoms with van der Waals surface area (Å²) in [5.41, 5.74) is 1.39. The van der Waals surface area contributed by atoms with Crippen LogP contribution in [-0.4, -0.2) is 6.61 Å². The number of benzene rings is 1. The van der Waals surface area contributed by atoms with Crippen LogP contribution < -0.4 is 4.74 Å². The lowest BCUT2D eigenvalue weighted by atomic mass is 9.97. The van der Waals surface area contributed by atoms with Gasteiger partial charge in [-0.2, -0.15) is 0 Å². The average molecular weight is 274 g/mol. The first kappa shape index (κ1) is 16.8. The van der Waals surface area contributed by atoms with Crippen LogP contribution >= 0.6 is 0 Å². The molecular weight excluding hydrogens is 244 g/mol. The van der Waals surface area contributed by atoms with Crippen LogP contribution in [-0.2, 0) is 0 Å². The van der Waals surface area contributed by atoms with Crippen LogP contribution in [0, 0.1) is 0 Å². The zero-order valence-corrected chi connectivity index (χ0v) is 13.4. The first-order valence-electron chi connectivity index (χ1n) is 8.15. The Morgan fingerprint density at radius 3 is 2.40 bits per heavy atom. The van der Waals surface area contributed by atoms with Gasteiger partial charge in [-0.05, 0) is 42.9 Å². The predicted molar refractivity (Wildman–Crippen MR) is 88.5 cm³/mol. The second-order valence-electron chi connectivity index (χ2n) is 5.49. The summed E-state index contributed by atoms with van der Waals surface area (Å²) in [6.07, 6.45) is 11.8. The molecule has 1 unspecified atom stereocenters. The van der Waals surface area contributed by atoms with E-state index in [1.165, 1.54) is 24.8 Å². The van der Waals surface area contributed by atoms with Crippen LogP contribution in [0.25, 0.3) is 0 Å². The highest BCUT2D eigenvalue weighted by atomic mass is 16.5. The topological polar surface area (TPSA) is 9.23 Å². The molecule has 1 rings (SSSR count). The third-order valence-electron chi connectivity index (χ3n) is 3.61. The fourth-order valence-electron chi connectivity index (χ4n) is 2.21. The Kier molecular flexibility index (Phi) is 8.86. The molecule has 0 bridgehead atoms. The molecule has 0 aliphatic heterocycles. The molecule has 0 spiro atoms. The van der Waals surface area contributed by atoms with Crippen LogP contribution in [0.3, 0.4) is 0 Å². The zero-order valence-electron chi connectivity index (χ0n) is 13.4. The Bertz CT molecular complexity index is 364. The van der Waals surface area contributed by atoms with Gasteiger partial charge in [0.25, 0.3) is 0 Å². The van der Waals surface area contributed by atoms with Crippen molar-refractivity contribution in [3.05, 3.63) is 42.0 Å². The molecule has 0 N–H and O–H groups in total. The maximum Gasteiger partial charge on any atom is 0.119 e. The van der Waals surface area contributed by atoms with E-state index in [0.29, 0.717) is 5.92 Å². The van der Waals surface area contributed by atoms with E-state index >= 15 is 0 Å². The molecule has 0 radical (unpaired) electrons. The molecule has 0 amide bonds. The molecule has 0 saturated carbocycles. The Labute approximate surface area is 125 Å². The highest BCUT2D eigenvalue weighted by molar-refractivity contribution is 5.29. The Hall–Kier alpha value is -1.24. The first-order chi connectivity index (χ1) is 9.77. The van der Waals surface area contributed by atoms with Gasteiger partial charge in [-0.3, -0.25) is 0 Å². The van der Waals surface area contributed by atoms with E-state index in [0.717, 1.165) is 31.6 Å². The third kappa shape index (κ3) is 6.79. The van der Waals surface area contributed by atoms with E-state index in [9.17, 15) is 0 Å². The first-order valence-corrected chi connectivity index (χ1v) is 8.15. The van der Waals surface area contributed by atoms with E-state index < -0.39 is 0 Å². The van der Waals surface area contributed by atoms with Crippen molar-refractivity contribution in [1.82, 2.24) is 0 Å². The fourth-order valence-corrected chi connectivity index (χ4v) is 2.21. The normalized spacial score (nSPS) is 12.8. The van der Waals surface area contributed by atoms with Gasteiger partial charge in [-0.1, -0.05) is 64.3 Å². The summed E-state index contributed by atoms with van der Waals surface area (Å²) in [6, 6.07) is 8.61. The van der Waals surface area contributed by atoms with Crippen molar-refractivity contribution >= 4 is 0 Å². The largest absolute Gasteiger partial charge is 0.494 e.